The maximum atomic E-state index is 13.8. The fraction of sp³-hybridized carbons (Fsp3) is 0.357. The molecule has 0 fully saturated rings. The number of carbonyl (C=O) groups excluding carboxylic acids is 1. The Morgan fingerprint density at radius 2 is 2.20 bits per heavy atom. The molecule has 1 aromatic carbocycles. The molecule has 0 aliphatic rings. The Morgan fingerprint density at radius 1 is 1.50 bits per heavy atom. The van der Waals surface area contributed by atoms with Crippen LogP contribution in [0.5, 0.6) is 0 Å². The van der Waals surface area contributed by atoms with Crippen molar-refractivity contribution in [3.05, 3.63) is 34.5 Å². The molecule has 0 spiro atoms. The summed E-state index contributed by atoms with van der Waals surface area (Å²) in [6, 6.07) is 4.90. The third-order valence-electron chi connectivity index (χ3n) is 3.12. The summed E-state index contributed by atoms with van der Waals surface area (Å²) in [7, 11) is 0. The molecule has 0 saturated carbocycles. The molecule has 6 heteroatoms. The minimum atomic E-state index is -0.277. The molecular weight excluding hydrogens is 299 g/mol. The van der Waals surface area contributed by atoms with Crippen LogP contribution in [-0.4, -0.2) is 19.0 Å². The van der Waals surface area contributed by atoms with Gasteiger partial charge in [-0.2, -0.15) is 0 Å². The van der Waals surface area contributed by atoms with E-state index in [4.69, 9.17) is 5.73 Å². The van der Waals surface area contributed by atoms with Crippen molar-refractivity contribution in [2.45, 2.75) is 13.8 Å². The molecule has 0 aliphatic heterocycles. The summed E-state index contributed by atoms with van der Waals surface area (Å²) in [6.07, 6.45) is 0. The van der Waals surface area contributed by atoms with Crippen LogP contribution in [0.4, 0.5) is 4.39 Å². The van der Waals surface area contributed by atoms with Crippen molar-refractivity contribution in [2.75, 3.05) is 13.1 Å². The van der Waals surface area contributed by atoms with Crippen LogP contribution in [0.15, 0.2) is 18.2 Å². The molecule has 110 valence electrons. The number of hydrogen-bond acceptors (Lipinski definition) is 3. The van der Waals surface area contributed by atoms with Gasteiger partial charge >= 0.3 is 0 Å². The fourth-order valence-corrected chi connectivity index (χ4v) is 3.04. The van der Waals surface area contributed by atoms with Gasteiger partial charge in [-0.15, -0.1) is 23.7 Å². The van der Waals surface area contributed by atoms with Crippen LogP contribution in [0.1, 0.15) is 22.2 Å². The molecule has 1 aromatic heterocycles. The maximum Gasteiger partial charge on any atom is 0.261 e. The smallest absolute Gasteiger partial charge is 0.261 e. The Labute approximate surface area is 127 Å². The number of halogens is 2. The van der Waals surface area contributed by atoms with Crippen molar-refractivity contribution in [1.82, 2.24) is 5.32 Å². The number of nitrogens with one attached hydrogen (secondary N) is 1. The Kier molecular flexibility index (Phi) is 5.92. The molecule has 20 heavy (non-hydrogen) atoms. The monoisotopic (exact) mass is 316 g/mol. The van der Waals surface area contributed by atoms with Crippen molar-refractivity contribution in [1.29, 1.82) is 0 Å². The lowest BCUT2D eigenvalue weighted by molar-refractivity contribution is 0.0952. The molecule has 1 amide bonds. The second-order valence-electron chi connectivity index (χ2n) is 4.72. The first kappa shape index (κ1) is 16.9. The molecule has 0 bridgehead atoms. The third-order valence-corrected chi connectivity index (χ3v) is 4.38. The average Bonchev–Trinajstić information content (AvgIpc) is 2.74. The van der Waals surface area contributed by atoms with Crippen LogP contribution >= 0.6 is 23.7 Å². The van der Waals surface area contributed by atoms with Gasteiger partial charge in [0.05, 0.1) is 4.88 Å². The van der Waals surface area contributed by atoms with E-state index in [0.717, 1.165) is 4.70 Å². The number of thiophene rings is 1. The number of amides is 1. The Hall–Kier alpha value is -1.17. The van der Waals surface area contributed by atoms with Crippen molar-refractivity contribution >= 4 is 39.7 Å². The SMILES string of the molecule is Cc1c(C(=O)NCC(C)CN)sc2cccc(F)c12.Cl. The molecule has 0 radical (unpaired) electrons. The van der Waals surface area contributed by atoms with Gasteiger partial charge in [0.25, 0.3) is 5.91 Å². The molecule has 1 atom stereocenters. The van der Waals surface area contributed by atoms with Gasteiger partial charge in [-0.3, -0.25) is 4.79 Å². The first-order valence-electron chi connectivity index (χ1n) is 6.20. The van der Waals surface area contributed by atoms with Crippen LogP contribution in [0.3, 0.4) is 0 Å². The highest BCUT2D eigenvalue weighted by Crippen LogP contribution is 2.32. The molecule has 2 rings (SSSR count). The molecule has 0 aliphatic carbocycles. The first-order chi connectivity index (χ1) is 9.04. The lowest BCUT2D eigenvalue weighted by atomic mass is 10.1. The summed E-state index contributed by atoms with van der Waals surface area (Å²) in [5.74, 6) is -0.200. The van der Waals surface area contributed by atoms with Crippen molar-refractivity contribution < 1.29 is 9.18 Å². The fourth-order valence-electron chi connectivity index (χ4n) is 1.90. The van der Waals surface area contributed by atoms with Gasteiger partial charge in [0.15, 0.2) is 0 Å². The quantitative estimate of drug-likeness (QED) is 0.910. The van der Waals surface area contributed by atoms with E-state index >= 15 is 0 Å². The second-order valence-corrected chi connectivity index (χ2v) is 5.77. The summed E-state index contributed by atoms with van der Waals surface area (Å²) in [4.78, 5) is 12.7. The number of aryl methyl sites for hydroxylation is 1. The number of hydrogen-bond donors (Lipinski definition) is 2. The van der Waals surface area contributed by atoms with Gasteiger partial charge in [0, 0.05) is 16.6 Å². The molecule has 3 nitrogen and oxygen atoms in total. The van der Waals surface area contributed by atoms with Crippen LogP contribution < -0.4 is 11.1 Å². The minimum Gasteiger partial charge on any atom is -0.351 e. The maximum absolute atomic E-state index is 13.8. The van der Waals surface area contributed by atoms with Gasteiger partial charge < -0.3 is 11.1 Å². The molecular formula is C14H18ClFN2OS. The predicted octanol–water partition coefficient (Wildman–Crippen LogP) is 3.10. The average molecular weight is 317 g/mol. The molecule has 2 aromatic rings. The van der Waals surface area contributed by atoms with Gasteiger partial charge in [0.2, 0.25) is 0 Å². The molecule has 1 heterocycles. The number of carbonyl (C=O) groups is 1. The van der Waals surface area contributed by atoms with E-state index in [2.05, 4.69) is 5.32 Å². The van der Waals surface area contributed by atoms with Gasteiger partial charge in [-0.25, -0.2) is 4.39 Å². The zero-order chi connectivity index (χ0) is 14.0. The lowest BCUT2D eigenvalue weighted by Crippen LogP contribution is -2.31. The standard InChI is InChI=1S/C14H17FN2OS.ClH/c1-8(6-16)7-17-14(18)13-9(2)12-10(15)4-3-5-11(12)19-13;/h3-5,8H,6-7,16H2,1-2H3,(H,17,18);1H. The minimum absolute atomic E-state index is 0. The number of nitrogens with two attached hydrogens (primary N) is 1. The molecule has 1 unspecified atom stereocenters. The molecule has 3 N–H and O–H groups in total. The Morgan fingerprint density at radius 3 is 2.80 bits per heavy atom. The van der Waals surface area contributed by atoms with E-state index in [1.54, 1.807) is 13.0 Å². The highest BCUT2D eigenvalue weighted by Gasteiger charge is 2.17. The Bertz CT molecular complexity index is 614. The van der Waals surface area contributed by atoms with E-state index in [0.29, 0.717) is 28.9 Å². The van der Waals surface area contributed by atoms with E-state index in [1.165, 1.54) is 17.4 Å². The van der Waals surface area contributed by atoms with Crippen molar-refractivity contribution in [2.24, 2.45) is 11.7 Å². The highest BCUT2D eigenvalue weighted by atomic mass is 35.5. The number of rotatable bonds is 4. The number of benzene rings is 1. The van der Waals surface area contributed by atoms with Gasteiger partial charge in [0.1, 0.15) is 5.82 Å². The van der Waals surface area contributed by atoms with E-state index in [1.807, 2.05) is 13.0 Å². The van der Waals surface area contributed by atoms with E-state index < -0.39 is 0 Å². The van der Waals surface area contributed by atoms with E-state index in [9.17, 15) is 9.18 Å². The van der Waals surface area contributed by atoms with Gasteiger partial charge in [-0.1, -0.05) is 13.0 Å². The zero-order valence-electron chi connectivity index (χ0n) is 11.4. The first-order valence-corrected chi connectivity index (χ1v) is 7.02. The Balaban J connectivity index is 0.00000200. The summed E-state index contributed by atoms with van der Waals surface area (Å²) in [6.45, 7) is 4.81. The zero-order valence-corrected chi connectivity index (χ0v) is 13.0. The van der Waals surface area contributed by atoms with Crippen molar-refractivity contribution in [3.8, 4) is 0 Å². The summed E-state index contributed by atoms with van der Waals surface area (Å²) in [5.41, 5.74) is 6.21. The summed E-state index contributed by atoms with van der Waals surface area (Å²) in [5, 5.41) is 3.39. The second kappa shape index (κ2) is 7.02. The largest absolute Gasteiger partial charge is 0.351 e. The predicted molar refractivity (Wildman–Crippen MR) is 84.3 cm³/mol. The van der Waals surface area contributed by atoms with Crippen LogP contribution in [0.2, 0.25) is 0 Å². The highest BCUT2D eigenvalue weighted by molar-refractivity contribution is 7.21. The number of fused-ring (bicyclic) bond motifs is 1. The molecule has 0 saturated heterocycles. The van der Waals surface area contributed by atoms with Crippen LogP contribution in [0.25, 0.3) is 10.1 Å². The lowest BCUT2D eigenvalue weighted by Gasteiger charge is -2.09. The normalized spacial score (nSPS) is 12.0. The van der Waals surface area contributed by atoms with E-state index in [-0.39, 0.29) is 30.0 Å². The van der Waals surface area contributed by atoms with Crippen LogP contribution in [-0.2, 0) is 0 Å². The van der Waals surface area contributed by atoms with Crippen LogP contribution in [0, 0.1) is 18.7 Å². The third kappa shape index (κ3) is 3.29. The summed E-state index contributed by atoms with van der Waals surface area (Å²) >= 11 is 1.32. The topological polar surface area (TPSA) is 55.1 Å². The summed E-state index contributed by atoms with van der Waals surface area (Å²) < 4.78 is 14.6. The van der Waals surface area contributed by atoms with Crippen molar-refractivity contribution in [3.63, 3.8) is 0 Å². The van der Waals surface area contributed by atoms with Gasteiger partial charge in [-0.05, 0) is 37.1 Å².